The van der Waals surface area contributed by atoms with Crippen LogP contribution < -0.4 is 10.7 Å². The number of piperazine rings is 1. The van der Waals surface area contributed by atoms with E-state index in [1.165, 1.54) is 10.4 Å². The quantitative estimate of drug-likeness (QED) is 0.378. The second-order valence-electron chi connectivity index (χ2n) is 7.50. The number of hydrogen-bond acceptors (Lipinski definition) is 6. The summed E-state index contributed by atoms with van der Waals surface area (Å²) in [5.74, 6) is 5.53. The lowest BCUT2D eigenvalue weighted by Crippen LogP contribution is -2.48. The Hall–Kier alpha value is -2.65. The van der Waals surface area contributed by atoms with E-state index in [2.05, 4.69) is 33.5 Å². The molecule has 1 fully saturated rings. The van der Waals surface area contributed by atoms with Crippen LogP contribution in [-0.4, -0.2) is 64.7 Å². The Morgan fingerprint density at radius 3 is 2.60 bits per heavy atom. The van der Waals surface area contributed by atoms with Crippen LogP contribution in [0.1, 0.15) is 29.5 Å². The number of pyridine rings is 1. The first-order valence-corrected chi connectivity index (χ1v) is 11.1. The molecule has 0 saturated carbocycles. The summed E-state index contributed by atoms with van der Waals surface area (Å²) in [4.78, 5) is 32.2. The monoisotopic (exact) mass is 431 g/mol. The molecule has 0 aliphatic carbocycles. The van der Waals surface area contributed by atoms with Crippen molar-refractivity contribution in [3.05, 3.63) is 45.9 Å². The Balaban J connectivity index is 1.43. The molecule has 162 valence electrons. The van der Waals surface area contributed by atoms with Gasteiger partial charge in [0.15, 0.2) is 0 Å². The van der Waals surface area contributed by atoms with Crippen LogP contribution in [0.4, 0.5) is 10.5 Å². The van der Waals surface area contributed by atoms with Crippen LogP contribution in [0.15, 0.2) is 29.8 Å². The molecule has 1 aliphatic rings. The van der Waals surface area contributed by atoms with Crippen molar-refractivity contribution in [2.24, 2.45) is 5.84 Å². The van der Waals surface area contributed by atoms with E-state index in [0.29, 0.717) is 13.0 Å². The van der Waals surface area contributed by atoms with Crippen molar-refractivity contribution >= 4 is 29.0 Å². The number of rotatable bonds is 8. The van der Waals surface area contributed by atoms with E-state index in [1.54, 1.807) is 18.3 Å². The first-order valence-electron chi connectivity index (χ1n) is 10.2. The van der Waals surface area contributed by atoms with Crippen LogP contribution >= 0.6 is 11.3 Å². The molecule has 0 bridgehead atoms. The van der Waals surface area contributed by atoms with E-state index >= 15 is 0 Å². The van der Waals surface area contributed by atoms with E-state index in [-0.39, 0.29) is 5.91 Å². The second-order valence-corrected chi connectivity index (χ2v) is 8.50. The highest BCUT2D eigenvalue weighted by atomic mass is 32.1. The molecule has 2 amide bonds. The molecule has 2 aromatic heterocycles. The van der Waals surface area contributed by atoms with Gasteiger partial charge in [0.25, 0.3) is 0 Å². The molecular formula is C21H29N5O3S. The van der Waals surface area contributed by atoms with Crippen molar-refractivity contribution in [1.29, 1.82) is 0 Å². The predicted octanol–water partition coefficient (Wildman–Crippen LogP) is 2.38. The Morgan fingerprint density at radius 2 is 1.97 bits per heavy atom. The smallest absolute Gasteiger partial charge is 0.421 e. The Kier molecular flexibility index (Phi) is 7.64. The largest absolute Gasteiger partial charge is 0.464 e. The highest BCUT2D eigenvalue weighted by Crippen LogP contribution is 2.20. The molecule has 1 aliphatic heterocycles. The molecule has 3 N–H and O–H groups in total. The molecule has 0 unspecified atom stereocenters. The number of aromatic nitrogens is 1. The molecule has 0 atom stereocenters. The van der Waals surface area contributed by atoms with Crippen LogP contribution in [0.2, 0.25) is 0 Å². The number of carbonyl (C=O) groups is 2. The highest BCUT2D eigenvalue weighted by molar-refractivity contribution is 7.10. The molecule has 30 heavy (non-hydrogen) atoms. The zero-order chi connectivity index (χ0) is 21.5. The van der Waals surface area contributed by atoms with Crippen molar-refractivity contribution in [2.45, 2.75) is 32.6 Å². The average molecular weight is 432 g/mol. The molecule has 1 saturated heterocycles. The molecule has 9 heteroatoms. The van der Waals surface area contributed by atoms with Crippen molar-refractivity contribution in [3.8, 4) is 0 Å². The molecule has 0 aromatic carbocycles. The van der Waals surface area contributed by atoms with Crippen LogP contribution in [-0.2, 0) is 24.1 Å². The normalized spacial score (nSPS) is 14.1. The highest BCUT2D eigenvalue weighted by Gasteiger charge is 2.18. The maximum Gasteiger partial charge on any atom is 0.421 e. The number of hydrazine groups is 1. The number of aryl methyl sites for hydroxylation is 3. The minimum absolute atomic E-state index is 0.140. The van der Waals surface area contributed by atoms with Crippen LogP contribution in [0.25, 0.3) is 0 Å². The number of anilines is 1. The van der Waals surface area contributed by atoms with Crippen molar-refractivity contribution < 1.29 is 14.7 Å². The average Bonchev–Trinajstić information content (AvgIpc) is 3.20. The minimum atomic E-state index is -1.10. The van der Waals surface area contributed by atoms with Gasteiger partial charge in [-0.25, -0.2) is 15.6 Å². The number of carboxylic acid groups (broad SMARTS) is 1. The molecular weight excluding hydrogens is 402 g/mol. The molecule has 0 radical (unpaired) electrons. The lowest BCUT2D eigenvalue weighted by Gasteiger charge is -2.35. The van der Waals surface area contributed by atoms with Gasteiger partial charge in [0.05, 0.1) is 11.9 Å². The van der Waals surface area contributed by atoms with Gasteiger partial charge < -0.3 is 14.9 Å². The summed E-state index contributed by atoms with van der Waals surface area (Å²) in [5, 5.41) is 11.8. The van der Waals surface area contributed by atoms with Gasteiger partial charge in [0.2, 0.25) is 5.91 Å². The van der Waals surface area contributed by atoms with Crippen molar-refractivity contribution in [1.82, 2.24) is 14.9 Å². The fourth-order valence-electron chi connectivity index (χ4n) is 3.51. The van der Waals surface area contributed by atoms with E-state index in [1.807, 2.05) is 11.1 Å². The summed E-state index contributed by atoms with van der Waals surface area (Å²) in [7, 11) is 0. The summed E-state index contributed by atoms with van der Waals surface area (Å²) in [5.41, 5.74) is 3.45. The van der Waals surface area contributed by atoms with Gasteiger partial charge in [-0.2, -0.15) is 0 Å². The Bertz CT molecular complexity index is 847. The fraction of sp³-hybridized carbons (Fsp3) is 0.476. The third kappa shape index (κ3) is 6.17. The molecule has 8 nitrogen and oxygen atoms in total. The SMILES string of the molecule is CC(=O)N1CCN(c2ccc(CCc3csc(CCCN(N)C(=O)O)c3)nc2)CC1. The summed E-state index contributed by atoms with van der Waals surface area (Å²) in [6.07, 6.45) is 4.18. The van der Waals surface area contributed by atoms with Crippen LogP contribution in [0.3, 0.4) is 0 Å². The van der Waals surface area contributed by atoms with Gasteiger partial charge in [0.1, 0.15) is 0 Å². The Labute approximate surface area is 180 Å². The van der Waals surface area contributed by atoms with Crippen molar-refractivity contribution in [2.75, 3.05) is 37.6 Å². The predicted molar refractivity (Wildman–Crippen MR) is 118 cm³/mol. The summed E-state index contributed by atoms with van der Waals surface area (Å²) in [6, 6.07) is 6.39. The first-order chi connectivity index (χ1) is 14.4. The number of thiophene rings is 1. The van der Waals surface area contributed by atoms with Crippen molar-refractivity contribution in [3.63, 3.8) is 0 Å². The van der Waals surface area contributed by atoms with Gasteiger partial charge >= 0.3 is 6.09 Å². The topological polar surface area (TPSA) is 103 Å². The Morgan fingerprint density at radius 1 is 1.20 bits per heavy atom. The molecule has 0 spiro atoms. The van der Waals surface area contributed by atoms with Crippen LogP contribution in [0.5, 0.6) is 0 Å². The van der Waals surface area contributed by atoms with Crippen LogP contribution in [0, 0.1) is 0 Å². The van der Waals surface area contributed by atoms with E-state index < -0.39 is 6.09 Å². The number of nitrogens with two attached hydrogens (primary N) is 1. The van der Waals surface area contributed by atoms with Gasteiger partial charge in [0, 0.05) is 50.2 Å². The standard InChI is InChI=1S/C21H29N5O3S/c1-16(27)24-9-11-25(12-10-24)19-7-6-18(23-14-19)5-4-17-13-20(30-15-17)3-2-8-26(22)21(28)29/h6-7,13-15H,2-5,8-12,22H2,1H3,(H,28,29). The maximum absolute atomic E-state index is 11.4. The summed E-state index contributed by atoms with van der Waals surface area (Å²) in [6.45, 7) is 5.16. The summed E-state index contributed by atoms with van der Waals surface area (Å²) < 4.78 is 0. The first kappa shape index (κ1) is 22.0. The second kappa shape index (κ2) is 10.4. The lowest BCUT2D eigenvalue weighted by atomic mass is 10.1. The van der Waals surface area contributed by atoms with E-state index in [0.717, 1.165) is 61.8 Å². The number of amides is 2. The third-order valence-electron chi connectivity index (χ3n) is 5.35. The zero-order valence-electron chi connectivity index (χ0n) is 17.3. The van der Waals surface area contributed by atoms with Gasteiger partial charge in [-0.3, -0.25) is 9.78 Å². The van der Waals surface area contributed by atoms with Gasteiger partial charge in [-0.15, -0.1) is 11.3 Å². The third-order valence-corrected chi connectivity index (χ3v) is 6.39. The molecule has 2 aromatic rings. The summed E-state index contributed by atoms with van der Waals surface area (Å²) >= 11 is 1.71. The van der Waals surface area contributed by atoms with E-state index in [9.17, 15) is 9.59 Å². The van der Waals surface area contributed by atoms with Gasteiger partial charge in [-0.05, 0) is 54.8 Å². The molecule has 3 rings (SSSR count). The fourth-order valence-corrected chi connectivity index (χ4v) is 4.48. The van der Waals surface area contributed by atoms with E-state index in [4.69, 9.17) is 10.9 Å². The number of carbonyl (C=O) groups excluding carboxylic acids is 1. The maximum atomic E-state index is 11.4. The zero-order valence-corrected chi connectivity index (χ0v) is 18.1. The minimum Gasteiger partial charge on any atom is -0.464 e. The number of hydrogen-bond donors (Lipinski definition) is 2. The van der Waals surface area contributed by atoms with Gasteiger partial charge in [-0.1, -0.05) is 0 Å². The number of nitrogens with zero attached hydrogens (tertiary/aromatic N) is 4. The molecule has 3 heterocycles. The lowest BCUT2D eigenvalue weighted by molar-refractivity contribution is -0.129.